The first-order valence-electron chi connectivity index (χ1n) is 11.2. The summed E-state index contributed by atoms with van der Waals surface area (Å²) in [5, 5.41) is 30.3. The number of nitriles is 2. The van der Waals surface area contributed by atoms with Crippen molar-refractivity contribution in [3.05, 3.63) is 48.0 Å². The van der Waals surface area contributed by atoms with Crippen molar-refractivity contribution in [2.75, 3.05) is 13.1 Å². The van der Waals surface area contributed by atoms with Crippen LogP contribution in [0.3, 0.4) is 0 Å². The molecule has 184 valence electrons. The molecule has 2 aromatic rings. The molecule has 0 aromatic heterocycles. The first-order chi connectivity index (χ1) is 16.3. The summed E-state index contributed by atoms with van der Waals surface area (Å²) in [5.41, 5.74) is -2.10. The molecular formula is C26H32N6O3. The van der Waals surface area contributed by atoms with E-state index in [1.54, 1.807) is 18.2 Å². The fraction of sp³-hybridized carbons (Fsp3) is 0.423. The van der Waals surface area contributed by atoms with Gasteiger partial charge in [-0.05, 0) is 48.1 Å². The number of fused-ring (bicyclic) bond motifs is 1. The van der Waals surface area contributed by atoms with E-state index in [-0.39, 0.29) is 12.0 Å². The van der Waals surface area contributed by atoms with Crippen LogP contribution in [-0.4, -0.2) is 36.5 Å². The number of rotatable bonds is 8. The summed E-state index contributed by atoms with van der Waals surface area (Å²) in [6, 6.07) is 15.4. The molecule has 1 unspecified atom stereocenters. The number of carbonyl (C=O) groups is 3. The zero-order chi connectivity index (χ0) is 26.3. The first-order valence-corrected chi connectivity index (χ1v) is 11.2. The molecule has 0 heterocycles. The Balaban J connectivity index is 2.57. The summed E-state index contributed by atoms with van der Waals surface area (Å²) in [5.74, 6) is -1.66. The van der Waals surface area contributed by atoms with Crippen LogP contribution in [0.5, 0.6) is 0 Å². The minimum absolute atomic E-state index is 0.0723. The third kappa shape index (κ3) is 7.44. The van der Waals surface area contributed by atoms with Gasteiger partial charge in [0.2, 0.25) is 0 Å². The van der Waals surface area contributed by atoms with Crippen LogP contribution in [0, 0.1) is 28.1 Å². The van der Waals surface area contributed by atoms with Crippen LogP contribution >= 0.6 is 0 Å². The molecule has 0 saturated heterocycles. The smallest absolute Gasteiger partial charge is 0.322 e. The maximum Gasteiger partial charge on any atom is 0.322 e. The van der Waals surface area contributed by atoms with E-state index in [1.165, 1.54) is 6.07 Å². The fourth-order valence-corrected chi connectivity index (χ4v) is 4.37. The Morgan fingerprint density at radius 3 is 2.14 bits per heavy atom. The van der Waals surface area contributed by atoms with Gasteiger partial charge in [-0.1, -0.05) is 57.2 Å². The summed E-state index contributed by atoms with van der Waals surface area (Å²) >= 11 is 0. The summed E-state index contributed by atoms with van der Waals surface area (Å²) < 4.78 is 0. The summed E-state index contributed by atoms with van der Waals surface area (Å²) in [6.45, 7) is 9.22. The lowest BCUT2D eigenvalue weighted by molar-refractivity contribution is -0.127. The molecule has 0 fully saturated rings. The Morgan fingerprint density at radius 1 is 0.886 bits per heavy atom. The van der Waals surface area contributed by atoms with Gasteiger partial charge in [-0.2, -0.15) is 10.5 Å². The Labute approximate surface area is 205 Å². The van der Waals surface area contributed by atoms with Gasteiger partial charge in [0.15, 0.2) is 11.6 Å². The number of amides is 4. The van der Waals surface area contributed by atoms with Crippen LogP contribution in [0.25, 0.3) is 10.8 Å². The van der Waals surface area contributed by atoms with Gasteiger partial charge in [0.1, 0.15) is 6.54 Å². The standard InChI is InChI=1S/C26H32N6O3/c1-24(2,3)16-25(4,5)31-23(35)32-26(17-30-21(33)15-28,22(34)29-13-12-27)20-11-10-18-8-6-7-9-19(18)14-20/h6-11,14H,13,16-17H2,1-5H3,(H,29,34)(H,30,33)(H2,31,32,35). The highest BCUT2D eigenvalue weighted by Gasteiger charge is 2.43. The van der Waals surface area contributed by atoms with Gasteiger partial charge >= 0.3 is 11.9 Å². The summed E-state index contributed by atoms with van der Waals surface area (Å²) in [7, 11) is 0. The SMILES string of the molecule is CC(C)(C)CC(C)(C)NC(=O)NC(CNC(=O)C#N)(C(=O)NCC#N)c1ccc2ccccc2c1. The number of nitrogens with zero attached hydrogens (tertiary/aromatic N) is 2. The van der Waals surface area contributed by atoms with Gasteiger partial charge in [0.25, 0.3) is 5.91 Å². The van der Waals surface area contributed by atoms with E-state index in [4.69, 9.17) is 10.5 Å². The molecule has 4 amide bonds. The molecular weight excluding hydrogens is 444 g/mol. The highest BCUT2D eigenvalue weighted by molar-refractivity contribution is 5.96. The van der Waals surface area contributed by atoms with Crippen molar-refractivity contribution < 1.29 is 14.4 Å². The lowest BCUT2D eigenvalue weighted by atomic mass is 9.82. The van der Waals surface area contributed by atoms with Crippen LogP contribution in [0.2, 0.25) is 0 Å². The summed E-state index contributed by atoms with van der Waals surface area (Å²) in [6.07, 6.45) is 0.655. The van der Waals surface area contributed by atoms with Crippen LogP contribution in [0.1, 0.15) is 46.6 Å². The van der Waals surface area contributed by atoms with Crippen LogP contribution in [0.4, 0.5) is 4.79 Å². The third-order valence-electron chi connectivity index (χ3n) is 5.32. The third-order valence-corrected chi connectivity index (χ3v) is 5.32. The maximum absolute atomic E-state index is 13.5. The van der Waals surface area contributed by atoms with Gasteiger partial charge < -0.3 is 21.3 Å². The average molecular weight is 477 g/mol. The Kier molecular flexibility index (Phi) is 8.43. The first kappa shape index (κ1) is 27.1. The Bertz CT molecular complexity index is 1190. The average Bonchev–Trinajstić information content (AvgIpc) is 2.77. The molecule has 0 aliphatic carbocycles. The van der Waals surface area contributed by atoms with Crippen molar-refractivity contribution in [2.24, 2.45) is 5.41 Å². The van der Waals surface area contributed by atoms with Crippen molar-refractivity contribution >= 4 is 28.6 Å². The topological polar surface area (TPSA) is 147 Å². The molecule has 2 rings (SSSR count). The van der Waals surface area contributed by atoms with Crippen LogP contribution in [0.15, 0.2) is 42.5 Å². The fourth-order valence-electron chi connectivity index (χ4n) is 4.37. The van der Waals surface area contributed by atoms with Crippen molar-refractivity contribution in [3.8, 4) is 12.1 Å². The molecule has 0 saturated carbocycles. The zero-order valence-electron chi connectivity index (χ0n) is 20.8. The number of urea groups is 1. The van der Waals surface area contributed by atoms with Gasteiger partial charge in [-0.3, -0.25) is 9.59 Å². The second-order valence-electron chi connectivity index (χ2n) is 10.3. The van der Waals surface area contributed by atoms with Crippen molar-refractivity contribution in [1.82, 2.24) is 21.3 Å². The number of nitrogens with one attached hydrogen (secondary N) is 4. The number of hydrogen-bond acceptors (Lipinski definition) is 5. The van der Waals surface area contributed by atoms with E-state index in [0.29, 0.717) is 12.0 Å². The van der Waals surface area contributed by atoms with Gasteiger partial charge in [0.05, 0.1) is 12.6 Å². The molecule has 35 heavy (non-hydrogen) atoms. The van der Waals surface area contributed by atoms with E-state index in [1.807, 2.05) is 44.2 Å². The molecule has 0 bridgehead atoms. The van der Waals surface area contributed by atoms with E-state index >= 15 is 0 Å². The molecule has 9 nitrogen and oxygen atoms in total. The quantitative estimate of drug-likeness (QED) is 0.342. The van der Waals surface area contributed by atoms with Gasteiger partial charge in [-0.25, -0.2) is 4.79 Å². The molecule has 0 radical (unpaired) electrons. The van der Waals surface area contributed by atoms with Gasteiger partial charge in [-0.15, -0.1) is 0 Å². The highest BCUT2D eigenvalue weighted by atomic mass is 16.2. The van der Waals surface area contributed by atoms with E-state index in [2.05, 4.69) is 42.0 Å². The molecule has 1 atom stereocenters. The monoisotopic (exact) mass is 476 g/mol. The second-order valence-corrected chi connectivity index (χ2v) is 10.3. The van der Waals surface area contributed by atoms with E-state index < -0.39 is 35.5 Å². The minimum Gasteiger partial charge on any atom is -0.341 e. The normalized spacial score (nSPS) is 13.0. The number of carbonyl (C=O) groups excluding carboxylic acids is 3. The highest BCUT2D eigenvalue weighted by Crippen LogP contribution is 2.28. The molecule has 0 aliphatic rings. The summed E-state index contributed by atoms with van der Waals surface area (Å²) in [4.78, 5) is 38.5. The molecule has 4 N–H and O–H groups in total. The predicted molar refractivity (Wildman–Crippen MR) is 133 cm³/mol. The Hall–Kier alpha value is -4.11. The van der Waals surface area contributed by atoms with Crippen molar-refractivity contribution in [1.29, 1.82) is 10.5 Å². The predicted octanol–water partition coefficient (Wildman–Crippen LogP) is 2.83. The van der Waals surface area contributed by atoms with Crippen molar-refractivity contribution in [3.63, 3.8) is 0 Å². The zero-order valence-corrected chi connectivity index (χ0v) is 20.8. The van der Waals surface area contributed by atoms with Crippen molar-refractivity contribution in [2.45, 2.75) is 52.1 Å². The maximum atomic E-state index is 13.5. The number of hydrogen-bond donors (Lipinski definition) is 4. The van der Waals surface area contributed by atoms with E-state index in [9.17, 15) is 14.4 Å². The molecule has 2 aromatic carbocycles. The lowest BCUT2D eigenvalue weighted by Crippen LogP contribution is -2.64. The molecule has 0 spiro atoms. The lowest BCUT2D eigenvalue weighted by Gasteiger charge is -2.37. The van der Waals surface area contributed by atoms with E-state index in [0.717, 1.165) is 10.8 Å². The molecule has 9 heteroatoms. The molecule has 0 aliphatic heterocycles. The second kappa shape index (κ2) is 10.9. The van der Waals surface area contributed by atoms with Crippen LogP contribution in [-0.2, 0) is 15.1 Å². The van der Waals surface area contributed by atoms with Crippen LogP contribution < -0.4 is 21.3 Å². The van der Waals surface area contributed by atoms with Gasteiger partial charge in [0, 0.05) is 5.54 Å². The minimum atomic E-state index is -1.80. The largest absolute Gasteiger partial charge is 0.341 e. The number of benzene rings is 2. The Morgan fingerprint density at radius 2 is 1.54 bits per heavy atom.